The largest absolute Gasteiger partial charge is 0.479 e. The molecule has 0 N–H and O–H groups in total. The highest BCUT2D eigenvalue weighted by molar-refractivity contribution is 6.20. The molecule has 0 saturated carbocycles. The number of fused-ring (bicyclic) bond motifs is 1. The van der Waals surface area contributed by atoms with Gasteiger partial charge in [0.1, 0.15) is 12.2 Å². The first-order valence-electron chi connectivity index (χ1n) is 6.67. The standard InChI is InChI=1S/C13H17ClN4O2/c1-8(14)11-17-10-12(15-7-16-13(10)19-2)18(11)5-9-3-4-20-6-9/h7-9H,3-6H2,1-2H3. The van der Waals surface area contributed by atoms with Crippen molar-refractivity contribution in [1.29, 1.82) is 0 Å². The molecule has 1 aliphatic rings. The Labute approximate surface area is 122 Å². The zero-order chi connectivity index (χ0) is 14.1. The van der Waals surface area contributed by atoms with Gasteiger partial charge >= 0.3 is 0 Å². The molecule has 6 nitrogen and oxygen atoms in total. The molecule has 0 bridgehead atoms. The second-order valence-electron chi connectivity index (χ2n) is 4.98. The number of alkyl halides is 1. The molecule has 108 valence electrons. The van der Waals surface area contributed by atoms with Crippen molar-refractivity contribution in [3.63, 3.8) is 0 Å². The Bertz CT molecular complexity index is 608. The Morgan fingerprint density at radius 2 is 2.40 bits per heavy atom. The Kier molecular flexibility index (Phi) is 3.76. The highest BCUT2D eigenvalue weighted by Crippen LogP contribution is 2.29. The number of hydrogen-bond donors (Lipinski definition) is 0. The fraction of sp³-hybridized carbons (Fsp3) is 0.615. The molecule has 3 heterocycles. The topological polar surface area (TPSA) is 62.1 Å². The van der Waals surface area contributed by atoms with E-state index in [0.717, 1.165) is 37.7 Å². The smallest absolute Gasteiger partial charge is 0.245 e. The fourth-order valence-electron chi connectivity index (χ4n) is 2.55. The van der Waals surface area contributed by atoms with Gasteiger partial charge in [0.25, 0.3) is 0 Å². The molecule has 2 unspecified atom stereocenters. The lowest BCUT2D eigenvalue weighted by Crippen LogP contribution is -2.14. The summed E-state index contributed by atoms with van der Waals surface area (Å²) in [4.78, 5) is 13.0. The van der Waals surface area contributed by atoms with E-state index >= 15 is 0 Å². The van der Waals surface area contributed by atoms with Gasteiger partial charge in [-0.1, -0.05) is 0 Å². The molecule has 2 aromatic heterocycles. The Morgan fingerprint density at radius 3 is 3.05 bits per heavy atom. The van der Waals surface area contributed by atoms with E-state index in [1.54, 1.807) is 7.11 Å². The Balaban J connectivity index is 2.08. The number of hydrogen-bond acceptors (Lipinski definition) is 5. The average molecular weight is 297 g/mol. The third-order valence-electron chi connectivity index (χ3n) is 3.54. The number of halogens is 1. The van der Waals surface area contributed by atoms with Crippen LogP contribution in [0.2, 0.25) is 0 Å². The van der Waals surface area contributed by atoms with E-state index in [9.17, 15) is 0 Å². The lowest BCUT2D eigenvalue weighted by Gasteiger charge is -2.13. The monoisotopic (exact) mass is 296 g/mol. The van der Waals surface area contributed by atoms with E-state index in [-0.39, 0.29) is 5.38 Å². The van der Waals surface area contributed by atoms with Crippen LogP contribution in [-0.2, 0) is 11.3 Å². The number of rotatable bonds is 4. The van der Waals surface area contributed by atoms with E-state index in [2.05, 4.69) is 19.5 Å². The molecule has 1 saturated heterocycles. The maximum Gasteiger partial charge on any atom is 0.245 e. The molecule has 0 radical (unpaired) electrons. The predicted octanol–water partition coefficient (Wildman–Crippen LogP) is 2.17. The number of methoxy groups -OCH3 is 1. The highest BCUT2D eigenvalue weighted by atomic mass is 35.5. The predicted molar refractivity (Wildman–Crippen MR) is 75.1 cm³/mol. The molecule has 1 fully saturated rings. The summed E-state index contributed by atoms with van der Waals surface area (Å²) in [6.07, 6.45) is 2.55. The van der Waals surface area contributed by atoms with Gasteiger partial charge < -0.3 is 14.0 Å². The molecule has 0 aromatic carbocycles. The lowest BCUT2D eigenvalue weighted by molar-refractivity contribution is 0.182. The van der Waals surface area contributed by atoms with Crippen LogP contribution in [0.25, 0.3) is 11.2 Å². The maximum absolute atomic E-state index is 6.26. The minimum Gasteiger partial charge on any atom is -0.479 e. The summed E-state index contributed by atoms with van der Waals surface area (Å²) < 4.78 is 12.8. The molecule has 7 heteroatoms. The van der Waals surface area contributed by atoms with E-state index in [0.29, 0.717) is 17.3 Å². The second-order valence-corrected chi connectivity index (χ2v) is 5.64. The van der Waals surface area contributed by atoms with E-state index in [1.807, 2.05) is 6.92 Å². The number of imidazole rings is 1. The maximum atomic E-state index is 6.26. The average Bonchev–Trinajstić information content (AvgIpc) is 3.07. The summed E-state index contributed by atoms with van der Waals surface area (Å²) in [7, 11) is 1.58. The van der Waals surface area contributed by atoms with Crippen LogP contribution in [0.4, 0.5) is 0 Å². The number of ether oxygens (including phenoxy) is 2. The molecular weight excluding hydrogens is 280 g/mol. The summed E-state index contributed by atoms with van der Waals surface area (Å²) in [5.74, 6) is 1.75. The van der Waals surface area contributed by atoms with Crippen molar-refractivity contribution in [2.75, 3.05) is 20.3 Å². The number of nitrogens with zero attached hydrogens (tertiary/aromatic N) is 4. The van der Waals surface area contributed by atoms with Gasteiger partial charge in [-0.15, -0.1) is 11.6 Å². The molecule has 20 heavy (non-hydrogen) atoms. The molecule has 3 rings (SSSR count). The molecule has 2 atom stereocenters. The van der Waals surface area contributed by atoms with Crippen molar-refractivity contribution < 1.29 is 9.47 Å². The van der Waals surface area contributed by atoms with Crippen molar-refractivity contribution in [3.05, 3.63) is 12.2 Å². The van der Waals surface area contributed by atoms with Gasteiger partial charge in [0.05, 0.1) is 19.1 Å². The van der Waals surface area contributed by atoms with Crippen molar-refractivity contribution in [1.82, 2.24) is 19.5 Å². The van der Waals surface area contributed by atoms with Gasteiger partial charge in [-0.3, -0.25) is 0 Å². The molecule has 0 spiro atoms. The van der Waals surface area contributed by atoms with Gasteiger partial charge in [0.2, 0.25) is 5.88 Å². The Hall–Kier alpha value is -1.40. The third kappa shape index (κ3) is 2.33. The van der Waals surface area contributed by atoms with E-state index in [1.165, 1.54) is 6.33 Å². The van der Waals surface area contributed by atoms with Crippen LogP contribution < -0.4 is 4.74 Å². The van der Waals surface area contributed by atoms with Crippen LogP contribution in [0, 0.1) is 5.92 Å². The highest BCUT2D eigenvalue weighted by Gasteiger charge is 2.23. The van der Waals surface area contributed by atoms with Gasteiger partial charge in [0, 0.05) is 19.1 Å². The molecule has 1 aliphatic heterocycles. The summed E-state index contributed by atoms with van der Waals surface area (Å²) in [6.45, 7) is 4.31. The van der Waals surface area contributed by atoms with Gasteiger partial charge in [-0.2, -0.15) is 4.98 Å². The molecule has 0 aliphatic carbocycles. The van der Waals surface area contributed by atoms with E-state index in [4.69, 9.17) is 21.1 Å². The van der Waals surface area contributed by atoms with Crippen LogP contribution >= 0.6 is 11.6 Å². The first kappa shape index (κ1) is 13.6. The normalized spacial score (nSPS) is 20.4. The van der Waals surface area contributed by atoms with E-state index < -0.39 is 0 Å². The first-order chi connectivity index (χ1) is 9.70. The van der Waals surface area contributed by atoms with Gasteiger partial charge in [-0.05, 0) is 13.3 Å². The van der Waals surface area contributed by atoms with Crippen molar-refractivity contribution in [2.45, 2.75) is 25.3 Å². The molecular formula is C13H17ClN4O2. The molecule has 0 amide bonds. The van der Waals surface area contributed by atoms with Crippen molar-refractivity contribution in [2.24, 2.45) is 5.92 Å². The van der Waals surface area contributed by atoms with Crippen LogP contribution in [0.15, 0.2) is 6.33 Å². The number of aromatic nitrogens is 4. The second kappa shape index (κ2) is 5.54. The quantitative estimate of drug-likeness (QED) is 0.809. The lowest BCUT2D eigenvalue weighted by atomic mass is 10.1. The van der Waals surface area contributed by atoms with Crippen molar-refractivity contribution in [3.8, 4) is 5.88 Å². The summed E-state index contributed by atoms with van der Waals surface area (Å²) in [6, 6.07) is 0. The Morgan fingerprint density at radius 1 is 1.55 bits per heavy atom. The van der Waals surface area contributed by atoms with Crippen LogP contribution in [0.3, 0.4) is 0 Å². The SMILES string of the molecule is COc1ncnc2c1nc(C(C)Cl)n2CC1CCOC1. The minimum atomic E-state index is -0.198. The van der Waals surface area contributed by atoms with Gasteiger partial charge in [-0.25, -0.2) is 9.97 Å². The third-order valence-corrected chi connectivity index (χ3v) is 3.74. The summed E-state index contributed by atoms with van der Waals surface area (Å²) in [5.41, 5.74) is 1.43. The van der Waals surface area contributed by atoms with Crippen LogP contribution in [0.1, 0.15) is 24.5 Å². The van der Waals surface area contributed by atoms with Crippen LogP contribution in [-0.4, -0.2) is 39.8 Å². The zero-order valence-corrected chi connectivity index (χ0v) is 12.3. The molecule has 2 aromatic rings. The van der Waals surface area contributed by atoms with Crippen molar-refractivity contribution >= 4 is 22.8 Å². The van der Waals surface area contributed by atoms with Crippen LogP contribution in [0.5, 0.6) is 5.88 Å². The minimum absolute atomic E-state index is 0.198. The zero-order valence-electron chi connectivity index (χ0n) is 11.5. The first-order valence-corrected chi connectivity index (χ1v) is 7.11. The fourth-order valence-corrected chi connectivity index (χ4v) is 2.72. The van der Waals surface area contributed by atoms with Gasteiger partial charge in [0.15, 0.2) is 11.2 Å². The summed E-state index contributed by atoms with van der Waals surface area (Å²) >= 11 is 6.26. The summed E-state index contributed by atoms with van der Waals surface area (Å²) in [5, 5.41) is -0.198.